The fourth-order valence-corrected chi connectivity index (χ4v) is 0.667. The molecule has 0 atom stereocenters. The van der Waals surface area contributed by atoms with E-state index in [0.717, 1.165) is 37.5 Å². The fourth-order valence-electron chi connectivity index (χ4n) is 0.667. The van der Waals surface area contributed by atoms with E-state index in [0.29, 0.717) is 0 Å². The summed E-state index contributed by atoms with van der Waals surface area (Å²) in [5.41, 5.74) is 1.03. The molecule has 1 amide bonds. The van der Waals surface area contributed by atoms with Crippen molar-refractivity contribution in [1.82, 2.24) is 9.80 Å². The Hall–Kier alpha value is -2.09. The topological polar surface area (TPSA) is 80.7 Å². The molecule has 0 aliphatic heterocycles. The van der Waals surface area contributed by atoms with E-state index >= 15 is 0 Å². The third-order valence-electron chi connectivity index (χ3n) is 3.49. The van der Waals surface area contributed by atoms with Gasteiger partial charge in [-0.25, -0.2) is 0 Å². The van der Waals surface area contributed by atoms with Crippen LogP contribution >= 0.6 is 0 Å². The van der Waals surface area contributed by atoms with Crippen molar-refractivity contribution in [2.75, 3.05) is 55.1 Å². The predicted octanol–water partition coefficient (Wildman–Crippen LogP) is 5.48. The monoisotopic (exact) mass is 467 g/mol. The van der Waals surface area contributed by atoms with Gasteiger partial charge < -0.3 is 24.1 Å². The number of nitrogens with zero attached hydrogens (tertiary/aromatic N) is 3. The minimum atomic E-state index is -0.245. The average molecular weight is 468 g/mol. The second-order valence-corrected chi connectivity index (χ2v) is 5.99. The first-order chi connectivity index (χ1) is 13.8. The molecule has 0 aromatic carbocycles. The van der Waals surface area contributed by atoms with Crippen molar-refractivity contribution in [2.24, 2.45) is 5.16 Å². The lowest BCUT2D eigenvalue weighted by atomic mass is 10.3. The van der Waals surface area contributed by atoms with Crippen molar-refractivity contribution in [3.8, 4) is 0 Å². The summed E-state index contributed by atoms with van der Waals surface area (Å²) in [7, 11) is 8.40. The molecule has 32 heavy (non-hydrogen) atoms. The quantitative estimate of drug-likeness (QED) is 0.223. The van der Waals surface area contributed by atoms with Gasteiger partial charge in [-0.15, -0.1) is 0 Å². The molecule has 0 fully saturated rings. The van der Waals surface area contributed by atoms with Crippen molar-refractivity contribution >= 4 is 17.6 Å². The van der Waals surface area contributed by atoms with Crippen LogP contribution in [0.15, 0.2) is 17.5 Å². The van der Waals surface area contributed by atoms with Gasteiger partial charge in [-0.2, -0.15) is 0 Å². The van der Waals surface area contributed by atoms with Crippen LogP contribution in [0.2, 0.25) is 0 Å². The highest BCUT2D eigenvalue weighted by Crippen LogP contribution is 1.82. The van der Waals surface area contributed by atoms with Gasteiger partial charge >= 0.3 is 5.97 Å². The molecule has 0 N–H and O–H groups in total. The van der Waals surface area contributed by atoms with E-state index in [2.05, 4.69) is 51.8 Å². The lowest BCUT2D eigenvalue weighted by Crippen LogP contribution is -2.22. The number of esters is 1. The molecule has 8 nitrogen and oxygen atoms in total. The van der Waals surface area contributed by atoms with Gasteiger partial charge in [-0.3, -0.25) is 9.59 Å². The van der Waals surface area contributed by atoms with Crippen LogP contribution in [0.25, 0.3) is 0 Å². The maximum Gasteiger partial charge on any atom is 0.302 e. The molecule has 0 heterocycles. The minimum absolute atomic E-state index is 0. The maximum absolute atomic E-state index is 10.3. The molecule has 0 aromatic heterocycles. The molecule has 0 unspecified atom stereocenters. The summed E-state index contributed by atoms with van der Waals surface area (Å²) in [6, 6.07) is 0. The molecule has 198 valence electrons. The maximum atomic E-state index is 10.3. The number of carbonyl (C=O) groups excluding carboxylic acids is 2. The summed E-state index contributed by atoms with van der Waals surface area (Å²) in [4.78, 5) is 28.3. The number of methoxy groups -OCH3 is 2. The summed E-state index contributed by atoms with van der Waals surface area (Å²) in [5.74, 6) is 0.637. The van der Waals surface area contributed by atoms with Crippen molar-refractivity contribution in [3.63, 3.8) is 0 Å². The van der Waals surface area contributed by atoms with Crippen LogP contribution in [0.5, 0.6) is 0 Å². The molecule has 0 saturated carbocycles. The highest BCUT2D eigenvalue weighted by atomic mass is 16.6. The van der Waals surface area contributed by atoms with Crippen LogP contribution in [0, 0.1) is 0 Å². The van der Waals surface area contributed by atoms with Crippen LogP contribution in [0.4, 0.5) is 0 Å². The molecule has 0 saturated heterocycles. The molecule has 0 aromatic rings. The molecular weight excluding hydrogens is 410 g/mol. The van der Waals surface area contributed by atoms with Crippen LogP contribution in [-0.4, -0.2) is 82.4 Å². The first kappa shape index (κ1) is 47.6. The Morgan fingerprint density at radius 3 is 1.19 bits per heavy atom. The van der Waals surface area contributed by atoms with Gasteiger partial charge in [0.2, 0.25) is 5.91 Å². The van der Waals surface area contributed by atoms with Crippen LogP contribution < -0.4 is 0 Å². The molecule has 0 aliphatic rings. The highest BCUT2D eigenvalue weighted by molar-refractivity contribution is 5.80. The molecule has 0 radical (unpaired) electrons. The number of allylic oxidation sites excluding steroid dienone is 1. The molecule has 0 rings (SSSR count). The summed E-state index contributed by atoms with van der Waals surface area (Å²) in [6.07, 6.45) is 0.966. The first-order valence-corrected chi connectivity index (χ1v) is 10.0. The number of carbonyl (C=O) groups is 2. The number of ether oxygens (including phenoxy) is 2. The zero-order valence-corrected chi connectivity index (χ0v) is 21.9. The van der Waals surface area contributed by atoms with E-state index in [9.17, 15) is 9.59 Å². The Morgan fingerprint density at radius 2 is 1.16 bits per heavy atom. The Bertz CT molecular complexity index is 410. The standard InChI is InChI=1S/2C5H11NO.C5H13N.C4H8O.C3H6O2.2CH4/c1-4-6(3)5(2)7;1-4-5(2)6-7-3;1-4-6(3)5-2;1-4(2)5-3;1-3(4)5-2;;/h2*4H2,1-3H3;4-5H2,1-3H3;1H2,2-3H3;1-2H3;2*1H4. The Kier molecular flexibility index (Phi) is 58.6. The second-order valence-electron chi connectivity index (χ2n) is 5.99. The third-order valence-corrected chi connectivity index (χ3v) is 3.49. The molecule has 8 heteroatoms. The van der Waals surface area contributed by atoms with Gasteiger partial charge in [0.25, 0.3) is 0 Å². The largest absolute Gasteiger partial charge is 0.502 e. The van der Waals surface area contributed by atoms with E-state index in [4.69, 9.17) is 0 Å². The molecule has 0 bridgehead atoms. The summed E-state index contributed by atoms with van der Waals surface area (Å²) in [5, 5.41) is 3.66. The zero-order chi connectivity index (χ0) is 25.1. The predicted molar refractivity (Wildman–Crippen MR) is 141 cm³/mol. The molecular formula is C24H57N3O5. The number of oxime groups is 1. The minimum Gasteiger partial charge on any atom is -0.502 e. The van der Waals surface area contributed by atoms with Crippen molar-refractivity contribution < 1.29 is 23.9 Å². The van der Waals surface area contributed by atoms with Crippen LogP contribution in [0.3, 0.4) is 0 Å². The van der Waals surface area contributed by atoms with E-state index in [-0.39, 0.29) is 26.7 Å². The second kappa shape index (κ2) is 39.4. The van der Waals surface area contributed by atoms with Gasteiger partial charge in [0.1, 0.15) is 7.11 Å². The van der Waals surface area contributed by atoms with Crippen LogP contribution in [0.1, 0.15) is 76.7 Å². The highest BCUT2D eigenvalue weighted by Gasteiger charge is 1.93. The lowest BCUT2D eigenvalue weighted by Gasteiger charge is -2.09. The summed E-state index contributed by atoms with van der Waals surface area (Å²) < 4.78 is 8.67. The van der Waals surface area contributed by atoms with Crippen molar-refractivity contribution in [3.05, 3.63) is 12.3 Å². The lowest BCUT2D eigenvalue weighted by molar-refractivity contribution is -0.138. The normalized spacial score (nSPS) is 8.38. The van der Waals surface area contributed by atoms with E-state index in [1.807, 2.05) is 20.8 Å². The summed E-state index contributed by atoms with van der Waals surface area (Å²) >= 11 is 0. The number of hydrogen-bond acceptors (Lipinski definition) is 7. The van der Waals surface area contributed by atoms with Gasteiger partial charge in [-0.05, 0) is 47.3 Å². The zero-order valence-electron chi connectivity index (χ0n) is 21.9. The average Bonchev–Trinajstić information content (AvgIpc) is 2.73. The smallest absolute Gasteiger partial charge is 0.302 e. The third kappa shape index (κ3) is 70.7. The Labute approximate surface area is 201 Å². The van der Waals surface area contributed by atoms with Gasteiger partial charge in [0, 0.05) is 27.4 Å². The van der Waals surface area contributed by atoms with E-state index in [1.54, 1.807) is 40.0 Å². The van der Waals surface area contributed by atoms with Crippen molar-refractivity contribution in [1.29, 1.82) is 0 Å². The Balaban J connectivity index is -0.0000000484. The number of rotatable bonds is 6. The van der Waals surface area contributed by atoms with Crippen LogP contribution in [-0.2, 0) is 23.9 Å². The molecule has 0 spiro atoms. The van der Waals surface area contributed by atoms with Gasteiger partial charge in [0.05, 0.1) is 25.7 Å². The van der Waals surface area contributed by atoms with E-state index in [1.165, 1.54) is 14.0 Å². The Morgan fingerprint density at radius 1 is 0.812 bits per heavy atom. The molecule has 0 aliphatic carbocycles. The SMILES string of the molecule is C.C.C=C(C)OC.CCC(C)=NOC.CCN(C)C(C)=O.CCN(C)CC.COC(C)=O. The fraction of sp³-hybridized carbons (Fsp3) is 0.792. The van der Waals surface area contributed by atoms with Gasteiger partial charge in [-0.1, -0.05) is 47.4 Å². The summed E-state index contributed by atoms with van der Waals surface area (Å²) in [6.45, 7) is 21.5. The van der Waals surface area contributed by atoms with Crippen molar-refractivity contribution in [2.45, 2.75) is 76.7 Å². The first-order valence-electron chi connectivity index (χ1n) is 10.0. The number of hydrogen-bond donors (Lipinski definition) is 0. The number of amides is 1. The van der Waals surface area contributed by atoms with E-state index < -0.39 is 0 Å². The van der Waals surface area contributed by atoms with Gasteiger partial charge in [0.15, 0.2) is 0 Å².